The maximum atomic E-state index is 12.3. The van der Waals surface area contributed by atoms with Crippen LogP contribution in [0.4, 0.5) is 13.2 Å². The van der Waals surface area contributed by atoms with Gasteiger partial charge in [0, 0.05) is 12.3 Å². The molecule has 17 heavy (non-hydrogen) atoms. The Hall–Kier alpha value is -1.58. The second kappa shape index (κ2) is 5.17. The van der Waals surface area contributed by atoms with Crippen LogP contribution in [0.3, 0.4) is 0 Å². The number of alkyl halides is 3. The number of allylic oxidation sites excluding steroid dienone is 1. The standard InChI is InChI=1S/C13H13F3O/c1-3-10(8-9(2)17)11-4-6-12(7-5-11)13(14,15)16/h3-7,10H,1,8H2,2H3. The maximum Gasteiger partial charge on any atom is 0.416 e. The molecule has 0 bridgehead atoms. The van der Waals surface area contributed by atoms with Crippen LogP contribution in [-0.2, 0) is 11.0 Å². The van der Waals surface area contributed by atoms with E-state index in [2.05, 4.69) is 6.58 Å². The molecule has 1 aromatic carbocycles. The molecule has 0 aliphatic carbocycles. The molecule has 0 fully saturated rings. The summed E-state index contributed by atoms with van der Waals surface area (Å²) in [7, 11) is 0. The minimum absolute atomic E-state index is 0.0187. The number of Topliss-reactive ketones (excluding diaryl/α,β-unsaturated/α-hetero) is 1. The summed E-state index contributed by atoms with van der Waals surface area (Å²) in [5.74, 6) is -0.246. The Kier molecular flexibility index (Phi) is 4.10. The molecule has 0 amide bonds. The average Bonchev–Trinajstić information content (AvgIpc) is 2.24. The number of carbonyl (C=O) groups excluding carboxylic acids is 1. The van der Waals surface area contributed by atoms with Gasteiger partial charge in [0.05, 0.1) is 5.56 Å². The Morgan fingerprint density at radius 1 is 1.35 bits per heavy atom. The van der Waals surface area contributed by atoms with Crippen molar-refractivity contribution in [2.75, 3.05) is 0 Å². The third kappa shape index (κ3) is 3.73. The van der Waals surface area contributed by atoms with E-state index in [1.54, 1.807) is 6.08 Å². The van der Waals surface area contributed by atoms with Crippen molar-refractivity contribution in [2.45, 2.75) is 25.4 Å². The Labute approximate surface area is 98.0 Å². The lowest BCUT2D eigenvalue weighted by Gasteiger charge is -2.12. The number of hydrogen-bond acceptors (Lipinski definition) is 1. The molecular weight excluding hydrogens is 229 g/mol. The van der Waals surface area contributed by atoms with E-state index in [9.17, 15) is 18.0 Å². The van der Waals surface area contributed by atoms with Gasteiger partial charge in [0.1, 0.15) is 5.78 Å². The first kappa shape index (κ1) is 13.5. The summed E-state index contributed by atoms with van der Waals surface area (Å²) in [5.41, 5.74) is -0.0184. The van der Waals surface area contributed by atoms with Crippen molar-refractivity contribution in [3.63, 3.8) is 0 Å². The monoisotopic (exact) mass is 242 g/mol. The fourth-order valence-electron chi connectivity index (χ4n) is 1.57. The molecule has 1 aromatic rings. The number of carbonyl (C=O) groups is 1. The molecule has 1 unspecified atom stereocenters. The first-order chi connectivity index (χ1) is 7.84. The Bertz CT molecular complexity index is 404. The van der Waals surface area contributed by atoms with Crippen molar-refractivity contribution in [2.24, 2.45) is 0 Å². The number of hydrogen-bond donors (Lipinski definition) is 0. The zero-order valence-electron chi connectivity index (χ0n) is 9.42. The van der Waals surface area contributed by atoms with Gasteiger partial charge >= 0.3 is 6.18 Å². The van der Waals surface area contributed by atoms with Crippen LogP contribution in [0.25, 0.3) is 0 Å². The molecular formula is C13H13F3O. The van der Waals surface area contributed by atoms with Gasteiger partial charge in [-0.2, -0.15) is 13.2 Å². The third-order valence-electron chi connectivity index (χ3n) is 2.46. The fourth-order valence-corrected chi connectivity index (χ4v) is 1.57. The summed E-state index contributed by atoms with van der Waals surface area (Å²) in [4.78, 5) is 11.0. The van der Waals surface area contributed by atoms with Gasteiger partial charge in [0.2, 0.25) is 0 Å². The predicted octanol–water partition coefficient (Wildman–Crippen LogP) is 3.95. The van der Waals surface area contributed by atoms with Crippen LogP contribution >= 0.6 is 0 Å². The predicted molar refractivity (Wildman–Crippen MR) is 59.7 cm³/mol. The molecule has 1 atom stereocenters. The first-order valence-corrected chi connectivity index (χ1v) is 5.13. The topological polar surface area (TPSA) is 17.1 Å². The minimum atomic E-state index is -4.33. The lowest BCUT2D eigenvalue weighted by Crippen LogP contribution is -2.06. The molecule has 0 aliphatic heterocycles. The average molecular weight is 242 g/mol. The van der Waals surface area contributed by atoms with Crippen molar-refractivity contribution >= 4 is 5.78 Å². The number of rotatable bonds is 4. The second-order valence-electron chi connectivity index (χ2n) is 3.87. The highest BCUT2D eigenvalue weighted by molar-refractivity contribution is 5.76. The van der Waals surface area contributed by atoms with Gasteiger partial charge < -0.3 is 0 Å². The third-order valence-corrected chi connectivity index (χ3v) is 2.46. The number of halogens is 3. The zero-order valence-corrected chi connectivity index (χ0v) is 9.42. The lowest BCUT2D eigenvalue weighted by atomic mass is 9.93. The normalized spacial score (nSPS) is 13.2. The van der Waals surface area contributed by atoms with E-state index >= 15 is 0 Å². The highest BCUT2D eigenvalue weighted by Crippen LogP contribution is 2.30. The highest BCUT2D eigenvalue weighted by Gasteiger charge is 2.30. The van der Waals surface area contributed by atoms with Crippen molar-refractivity contribution in [1.29, 1.82) is 0 Å². The number of benzene rings is 1. The van der Waals surface area contributed by atoms with Crippen molar-refractivity contribution in [3.05, 3.63) is 48.0 Å². The van der Waals surface area contributed by atoms with Crippen molar-refractivity contribution in [1.82, 2.24) is 0 Å². The van der Waals surface area contributed by atoms with Crippen LogP contribution in [0.5, 0.6) is 0 Å². The number of ketones is 1. The van der Waals surface area contributed by atoms with Crippen LogP contribution in [0, 0.1) is 0 Å². The lowest BCUT2D eigenvalue weighted by molar-refractivity contribution is -0.137. The van der Waals surface area contributed by atoms with Crippen LogP contribution in [0.2, 0.25) is 0 Å². The van der Waals surface area contributed by atoms with E-state index in [1.165, 1.54) is 19.1 Å². The highest BCUT2D eigenvalue weighted by atomic mass is 19.4. The van der Waals surface area contributed by atoms with Crippen LogP contribution in [0.15, 0.2) is 36.9 Å². The van der Waals surface area contributed by atoms with Crippen LogP contribution in [-0.4, -0.2) is 5.78 Å². The van der Waals surface area contributed by atoms with E-state index in [-0.39, 0.29) is 18.1 Å². The van der Waals surface area contributed by atoms with Gasteiger partial charge in [-0.05, 0) is 24.6 Å². The quantitative estimate of drug-likeness (QED) is 0.730. The fraction of sp³-hybridized carbons (Fsp3) is 0.308. The van der Waals surface area contributed by atoms with E-state index in [0.29, 0.717) is 5.56 Å². The van der Waals surface area contributed by atoms with Crippen molar-refractivity contribution < 1.29 is 18.0 Å². The summed E-state index contributed by atoms with van der Waals surface area (Å²) in [6.07, 6.45) is -2.50. The Morgan fingerprint density at radius 2 is 1.88 bits per heavy atom. The Morgan fingerprint density at radius 3 is 2.24 bits per heavy atom. The maximum absolute atomic E-state index is 12.3. The van der Waals surface area contributed by atoms with E-state index in [4.69, 9.17) is 0 Å². The molecule has 0 heterocycles. The van der Waals surface area contributed by atoms with Gasteiger partial charge in [-0.25, -0.2) is 0 Å². The van der Waals surface area contributed by atoms with Gasteiger partial charge in [-0.15, -0.1) is 6.58 Å². The minimum Gasteiger partial charge on any atom is -0.300 e. The molecule has 1 rings (SSSR count). The molecule has 0 spiro atoms. The first-order valence-electron chi connectivity index (χ1n) is 5.13. The summed E-state index contributed by atoms with van der Waals surface area (Å²) in [6, 6.07) is 4.81. The second-order valence-corrected chi connectivity index (χ2v) is 3.87. The van der Waals surface area contributed by atoms with Gasteiger partial charge in [-0.3, -0.25) is 4.79 Å². The Balaban J connectivity index is 2.93. The molecule has 0 saturated heterocycles. The molecule has 92 valence electrons. The zero-order chi connectivity index (χ0) is 13.1. The summed E-state index contributed by atoms with van der Waals surface area (Å²) < 4.78 is 37.0. The molecule has 0 aromatic heterocycles. The summed E-state index contributed by atoms with van der Waals surface area (Å²) in [6.45, 7) is 5.03. The largest absolute Gasteiger partial charge is 0.416 e. The van der Waals surface area contributed by atoms with Gasteiger partial charge in [-0.1, -0.05) is 18.2 Å². The molecule has 1 nitrogen and oxygen atoms in total. The SMILES string of the molecule is C=CC(CC(C)=O)c1ccc(C(F)(F)F)cc1. The molecule has 0 aliphatic rings. The van der Waals surface area contributed by atoms with E-state index in [0.717, 1.165) is 12.1 Å². The summed E-state index contributed by atoms with van der Waals surface area (Å²) in [5, 5.41) is 0. The summed E-state index contributed by atoms with van der Waals surface area (Å²) >= 11 is 0. The van der Waals surface area contributed by atoms with Crippen molar-refractivity contribution in [3.8, 4) is 0 Å². The van der Waals surface area contributed by atoms with E-state index in [1.807, 2.05) is 0 Å². The van der Waals surface area contributed by atoms with Gasteiger partial charge in [0.25, 0.3) is 0 Å². The molecule has 0 radical (unpaired) electrons. The van der Waals surface area contributed by atoms with E-state index < -0.39 is 11.7 Å². The van der Waals surface area contributed by atoms with Crippen LogP contribution < -0.4 is 0 Å². The smallest absolute Gasteiger partial charge is 0.300 e. The molecule has 0 saturated carbocycles. The van der Waals surface area contributed by atoms with Crippen LogP contribution in [0.1, 0.15) is 30.4 Å². The molecule has 4 heteroatoms. The van der Waals surface area contributed by atoms with Gasteiger partial charge in [0.15, 0.2) is 0 Å². The molecule has 0 N–H and O–H groups in total.